The molecule has 11 nitrogen and oxygen atoms in total. The Labute approximate surface area is 209 Å². The monoisotopic (exact) mass is 518 g/mol. The molecule has 0 radical (unpaired) electrons. The highest BCUT2D eigenvalue weighted by Crippen LogP contribution is 2.33. The van der Waals surface area contributed by atoms with Gasteiger partial charge in [-0.05, 0) is 36.4 Å². The van der Waals surface area contributed by atoms with Crippen molar-refractivity contribution in [2.75, 3.05) is 42.6 Å². The minimum atomic E-state index is -0.787. The summed E-state index contributed by atoms with van der Waals surface area (Å²) in [5.74, 6) is -2.46. The van der Waals surface area contributed by atoms with Gasteiger partial charge >= 0.3 is 12.2 Å². The molecule has 2 saturated heterocycles. The van der Waals surface area contributed by atoms with Gasteiger partial charge in [0.25, 0.3) is 0 Å². The normalized spacial score (nSPS) is 19.0. The average Bonchev–Trinajstić information content (AvgIpc) is 3.43. The van der Waals surface area contributed by atoms with E-state index in [1.165, 1.54) is 41.0 Å². The van der Waals surface area contributed by atoms with Crippen LogP contribution in [0.15, 0.2) is 36.4 Å². The Morgan fingerprint density at radius 3 is 1.76 bits per heavy atom. The molecule has 0 saturated carbocycles. The number of carbonyl (C=O) groups is 4. The van der Waals surface area contributed by atoms with E-state index >= 15 is 8.78 Å². The predicted octanol–water partition coefficient (Wildman–Crippen LogP) is 1.53. The quantitative estimate of drug-likeness (QED) is 0.482. The molecule has 0 bridgehead atoms. The molecule has 2 aliphatic heterocycles. The van der Waals surface area contributed by atoms with Gasteiger partial charge in [0.1, 0.15) is 30.4 Å². The van der Waals surface area contributed by atoms with Crippen LogP contribution in [0, 0.1) is 11.6 Å². The number of ether oxygens (including phenoxy) is 2. The number of hydrogen-bond donors (Lipinski definition) is 3. The molecule has 2 heterocycles. The number of halogens is 2. The molecule has 2 aliphatic rings. The van der Waals surface area contributed by atoms with Gasteiger partial charge < -0.3 is 25.2 Å². The molecule has 13 heteroatoms. The molecule has 0 unspecified atom stereocenters. The van der Waals surface area contributed by atoms with E-state index in [1.54, 1.807) is 0 Å². The maximum Gasteiger partial charge on any atom is 0.414 e. The van der Waals surface area contributed by atoms with Crippen molar-refractivity contribution in [3.63, 3.8) is 0 Å². The summed E-state index contributed by atoms with van der Waals surface area (Å²) in [5.41, 5.74) is 0.292. The third-order valence-electron chi connectivity index (χ3n) is 5.82. The van der Waals surface area contributed by atoms with E-state index in [0.717, 1.165) is 12.1 Å². The van der Waals surface area contributed by atoms with E-state index in [-0.39, 0.29) is 54.6 Å². The lowest BCUT2D eigenvalue weighted by Gasteiger charge is -2.16. The van der Waals surface area contributed by atoms with Crippen LogP contribution in [0.5, 0.6) is 0 Å². The summed E-state index contributed by atoms with van der Waals surface area (Å²) in [6.07, 6.45) is -2.71. The Morgan fingerprint density at radius 1 is 0.892 bits per heavy atom. The molecule has 2 aromatic carbocycles. The average molecular weight is 518 g/mol. The summed E-state index contributed by atoms with van der Waals surface area (Å²) >= 11 is 0. The zero-order valence-electron chi connectivity index (χ0n) is 19.7. The molecule has 2 atom stereocenters. The predicted molar refractivity (Wildman–Crippen MR) is 126 cm³/mol. The van der Waals surface area contributed by atoms with Gasteiger partial charge in [-0.2, -0.15) is 0 Å². The standard InChI is InChI=1S/C24H24F2N4O7/c1-13(32)27-8-16-10-29(23(34)36-16)14-2-4-18(20(25)6-14)19-5-3-15(7-21(19)26)30-11-17(37-24(30)35)9-28-22(33)12-31/h2-7,16-17,31H,8-12H2,1H3,(H,27,32)(H,28,33)/t16-,17-/m0/s1. The zero-order chi connectivity index (χ0) is 26.7. The highest BCUT2D eigenvalue weighted by atomic mass is 19.1. The summed E-state index contributed by atoms with van der Waals surface area (Å²) in [4.78, 5) is 49.0. The minimum absolute atomic E-state index is 0.0156. The van der Waals surface area contributed by atoms with Crippen molar-refractivity contribution in [2.24, 2.45) is 0 Å². The molecule has 37 heavy (non-hydrogen) atoms. The van der Waals surface area contributed by atoms with Gasteiger partial charge in [0.05, 0.1) is 37.6 Å². The Kier molecular flexibility index (Phi) is 7.53. The van der Waals surface area contributed by atoms with Crippen LogP contribution in [0.2, 0.25) is 0 Å². The number of cyclic esters (lactones) is 2. The summed E-state index contributed by atoms with van der Waals surface area (Å²) < 4.78 is 40.3. The van der Waals surface area contributed by atoms with Crippen LogP contribution >= 0.6 is 0 Å². The molecule has 3 N–H and O–H groups in total. The number of amides is 4. The number of nitrogens with zero attached hydrogens (tertiary/aromatic N) is 2. The number of benzene rings is 2. The van der Waals surface area contributed by atoms with Crippen molar-refractivity contribution in [1.29, 1.82) is 0 Å². The second kappa shape index (κ2) is 10.8. The number of aliphatic hydroxyl groups is 1. The van der Waals surface area contributed by atoms with Crippen molar-refractivity contribution in [2.45, 2.75) is 19.1 Å². The van der Waals surface area contributed by atoms with Crippen LogP contribution in [0.25, 0.3) is 11.1 Å². The van der Waals surface area contributed by atoms with Crippen molar-refractivity contribution in [3.05, 3.63) is 48.0 Å². The third kappa shape index (κ3) is 5.77. The number of aliphatic hydroxyl groups excluding tert-OH is 1. The Bertz CT molecular complexity index is 1240. The fraction of sp³-hybridized carbons (Fsp3) is 0.333. The van der Waals surface area contributed by atoms with Crippen LogP contribution in [-0.2, 0) is 19.1 Å². The van der Waals surface area contributed by atoms with Crippen LogP contribution in [0.4, 0.5) is 29.7 Å². The first-order valence-corrected chi connectivity index (χ1v) is 11.3. The number of hydrogen-bond acceptors (Lipinski definition) is 7. The van der Waals surface area contributed by atoms with E-state index in [0.29, 0.717) is 0 Å². The zero-order valence-corrected chi connectivity index (χ0v) is 19.7. The van der Waals surface area contributed by atoms with Crippen molar-refractivity contribution >= 4 is 35.4 Å². The highest BCUT2D eigenvalue weighted by Gasteiger charge is 2.34. The van der Waals surface area contributed by atoms with Gasteiger partial charge in [0.2, 0.25) is 11.8 Å². The van der Waals surface area contributed by atoms with E-state index in [2.05, 4.69) is 10.6 Å². The molecular weight excluding hydrogens is 494 g/mol. The summed E-state index contributed by atoms with van der Waals surface area (Å²) in [6.45, 7) is 0.898. The Balaban J connectivity index is 1.46. The maximum absolute atomic E-state index is 15.0. The third-order valence-corrected chi connectivity index (χ3v) is 5.82. The fourth-order valence-electron chi connectivity index (χ4n) is 4.00. The Hall–Kier alpha value is -4.26. The molecule has 196 valence electrons. The maximum atomic E-state index is 15.0. The van der Waals surface area contributed by atoms with Gasteiger partial charge in [0, 0.05) is 18.1 Å². The van der Waals surface area contributed by atoms with E-state index in [1.807, 2.05) is 0 Å². The second-order valence-corrected chi connectivity index (χ2v) is 8.46. The summed E-state index contributed by atoms with van der Waals surface area (Å²) in [5, 5.41) is 13.7. The van der Waals surface area contributed by atoms with Gasteiger partial charge in [-0.1, -0.05) is 0 Å². The van der Waals surface area contributed by atoms with Gasteiger partial charge in [-0.3, -0.25) is 19.4 Å². The number of rotatable bonds is 8. The molecule has 0 aliphatic carbocycles. The lowest BCUT2D eigenvalue weighted by Crippen LogP contribution is -2.36. The van der Waals surface area contributed by atoms with E-state index in [4.69, 9.17) is 14.6 Å². The largest absolute Gasteiger partial charge is 0.442 e. The number of anilines is 2. The minimum Gasteiger partial charge on any atom is -0.442 e. The lowest BCUT2D eigenvalue weighted by atomic mass is 10.0. The van der Waals surface area contributed by atoms with Crippen LogP contribution in [-0.4, -0.2) is 74.1 Å². The van der Waals surface area contributed by atoms with Gasteiger partial charge in [0.15, 0.2) is 0 Å². The first-order valence-electron chi connectivity index (χ1n) is 11.3. The molecule has 0 spiro atoms. The summed E-state index contributed by atoms with van der Waals surface area (Å²) in [6, 6.07) is 7.71. The van der Waals surface area contributed by atoms with Crippen molar-refractivity contribution < 1.29 is 42.5 Å². The first kappa shape index (κ1) is 25.8. The molecule has 0 aromatic heterocycles. The molecule has 2 fully saturated rings. The fourth-order valence-corrected chi connectivity index (χ4v) is 4.00. The smallest absolute Gasteiger partial charge is 0.414 e. The van der Waals surface area contributed by atoms with Crippen LogP contribution in [0.1, 0.15) is 6.92 Å². The van der Waals surface area contributed by atoms with Gasteiger partial charge in [-0.25, -0.2) is 18.4 Å². The number of carbonyl (C=O) groups excluding carboxylic acids is 4. The summed E-state index contributed by atoms with van der Waals surface area (Å²) in [7, 11) is 0. The SMILES string of the molecule is CC(=O)NC[C@H]1CN(c2ccc(-c3ccc(N4C[C@H](CNC(=O)CO)OC4=O)cc3F)c(F)c2)C(=O)O1. The highest BCUT2D eigenvalue weighted by molar-refractivity contribution is 5.91. The lowest BCUT2D eigenvalue weighted by molar-refractivity contribution is -0.124. The van der Waals surface area contributed by atoms with Crippen molar-refractivity contribution in [1.82, 2.24) is 10.6 Å². The van der Waals surface area contributed by atoms with Crippen molar-refractivity contribution in [3.8, 4) is 11.1 Å². The molecule has 4 amide bonds. The van der Waals surface area contributed by atoms with E-state index < -0.39 is 48.5 Å². The van der Waals surface area contributed by atoms with Crippen LogP contribution < -0.4 is 20.4 Å². The molecule has 2 aromatic rings. The van der Waals surface area contributed by atoms with Gasteiger partial charge in [-0.15, -0.1) is 0 Å². The van der Waals surface area contributed by atoms with E-state index in [9.17, 15) is 19.2 Å². The first-order chi connectivity index (χ1) is 17.7. The Morgan fingerprint density at radius 2 is 1.35 bits per heavy atom. The number of nitrogens with one attached hydrogen (secondary N) is 2. The topological polar surface area (TPSA) is 138 Å². The van der Waals surface area contributed by atoms with Crippen LogP contribution in [0.3, 0.4) is 0 Å². The molecular formula is C24H24F2N4O7. The second-order valence-electron chi connectivity index (χ2n) is 8.46. The molecule has 4 rings (SSSR count).